The Kier molecular flexibility index (Phi) is 3.57. The summed E-state index contributed by atoms with van der Waals surface area (Å²) in [4.78, 5) is 11.4. The number of ether oxygens (including phenoxy) is 3. The van der Waals surface area contributed by atoms with Crippen molar-refractivity contribution in [1.82, 2.24) is 0 Å². The van der Waals surface area contributed by atoms with Crippen LogP contribution in [0.25, 0.3) is 0 Å². The van der Waals surface area contributed by atoms with Crippen molar-refractivity contribution < 1.29 is 19.0 Å². The molecule has 0 atom stereocenters. The number of rotatable bonds is 5. The van der Waals surface area contributed by atoms with Gasteiger partial charge in [0.1, 0.15) is 17.3 Å². The van der Waals surface area contributed by atoms with E-state index in [0.717, 1.165) is 17.1 Å². The number of ketones is 1. The Morgan fingerprint density at radius 2 is 2.06 bits per heavy atom. The topological polar surface area (TPSA) is 44.8 Å². The summed E-state index contributed by atoms with van der Waals surface area (Å²) in [6.45, 7) is 2.74. The molecule has 4 heteroatoms. The molecule has 1 fully saturated rings. The van der Waals surface area contributed by atoms with Gasteiger partial charge in [-0.3, -0.25) is 4.79 Å². The maximum atomic E-state index is 11.4. The predicted molar refractivity (Wildman–Crippen MR) is 67.3 cm³/mol. The standard InChI is InChI=1S/C14H18O4/c1-10(15)7-14(8-18-9-14)12-5-4-11(16-2)6-13(12)17-3/h4-6H,7-9H2,1-3H3. The van der Waals surface area contributed by atoms with Gasteiger partial charge in [0.2, 0.25) is 0 Å². The van der Waals surface area contributed by atoms with E-state index in [4.69, 9.17) is 14.2 Å². The van der Waals surface area contributed by atoms with Crippen LogP contribution in [-0.4, -0.2) is 33.2 Å². The molecule has 0 unspecified atom stereocenters. The molecule has 1 aliphatic rings. The number of Topliss-reactive ketones (excluding diaryl/α,β-unsaturated/α-hetero) is 1. The Morgan fingerprint density at radius 1 is 1.33 bits per heavy atom. The number of methoxy groups -OCH3 is 2. The second kappa shape index (κ2) is 4.98. The van der Waals surface area contributed by atoms with Crippen molar-refractivity contribution in [3.05, 3.63) is 23.8 Å². The maximum absolute atomic E-state index is 11.4. The lowest BCUT2D eigenvalue weighted by Crippen LogP contribution is -2.48. The number of hydrogen-bond donors (Lipinski definition) is 0. The van der Waals surface area contributed by atoms with Crippen molar-refractivity contribution in [2.45, 2.75) is 18.8 Å². The number of carbonyl (C=O) groups excluding carboxylic acids is 1. The normalized spacial score (nSPS) is 16.8. The number of benzene rings is 1. The van der Waals surface area contributed by atoms with Gasteiger partial charge in [0.15, 0.2) is 0 Å². The maximum Gasteiger partial charge on any atom is 0.130 e. The van der Waals surface area contributed by atoms with Gasteiger partial charge in [-0.25, -0.2) is 0 Å². The highest BCUT2D eigenvalue weighted by atomic mass is 16.5. The van der Waals surface area contributed by atoms with Crippen molar-refractivity contribution in [3.8, 4) is 11.5 Å². The van der Waals surface area contributed by atoms with Crippen LogP contribution in [-0.2, 0) is 14.9 Å². The molecule has 0 N–H and O–H groups in total. The van der Waals surface area contributed by atoms with Crippen LogP contribution in [0.1, 0.15) is 18.9 Å². The molecule has 4 nitrogen and oxygen atoms in total. The lowest BCUT2D eigenvalue weighted by Gasteiger charge is -2.42. The summed E-state index contributed by atoms with van der Waals surface area (Å²) in [7, 11) is 3.24. The second-order valence-corrected chi connectivity index (χ2v) is 4.72. The van der Waals surface area contributed by atoms with Crippen LogP contribution < -0.4 is 9.47 Å². The van der Waals surface area contributed by atoms with Gasteiger partial charge in [0.05, 0.1) is 32.8 Å². The third-order valence-electron chi connectivity index (χ3n) is 3.32. The van der Waals surface area contributed by atoms with Crippen LogP contribution in [0.4, 0.5) is 0 Å². The Bertz CT molecular complexity index is 449. The van der Waals surface area contributed by atoms with Gasteiger partial charge >= 0.3 is 0 Å². The Labute approximate surface area is 107 Å². The molecule has 1 heterocycles. The molecule has 0 aliphatic carbocycles. The van der Waals surface area contributed by atoms with E-state index in [0.29, 0.717) is 19.6 Å². The van der Waals surface area contributed by atoms with Crippen LogP contribution in [0.5, 0.6) is 11.5 Å². The van der Waals surface area contributed by atoms with E-state index < -0.39 is 0 Å². The van der Waals surface area contributed by atoms with Crippen LogP contribution in [0.3, 0.4) is 0 Å². The van der Waals surface area contributed by atoms with Gasteiger partial charge in [-0.2, -0.15) is 0 Å². The molecular weight excluding hydrogens is 232 g/mol. The van der Waals surface area contributed by atoms with Crippen LogP contribution >= 0.6 is 0 Å². The molecule has 98 valence electrons. The van der Waals surface area contributed by atoms with Gasteiger partial charge in [0.25, 0.3) is 0 Å². The highest BCUT2D eigenvalue weighted by molar-refractivity contribution is 5.77. The molecule has 0 spiro atoms. The van der Waals surface area contributed by atoms with E-state index in [-0.39, 0.29) is 11.2 Å². The van der Waals surface area contributed by atoms with Crippen LogP contribution in [0.15, 0.2) is 18.2 Å². The molecule has 0 aromatic heterocycles. The SMILES string of the molecule is COc1ccc(C2(CC(C)=O)COC2)c(OC)c1. The first-order valence-electron chi connectivity index (χ1n) is 5.91. The molecule has 18 heavy (non-hydrogen) atoms. The number of carbonyl (C=O) groups is 1. The summed E-state index contributed by atoms with van der Waals surface area (Å²) in [5.41, 5.74) is 0.788. The molecule has 1 saturated heterocycles. The van der Waals surface area contributed by atoms with Crippen LogP contribution in [0.2, 0.25) is 0 Å². The average molecular weight is 250 g/mol. The lowest BCUT2D eigenvalue weighted by molar-refractivity contribution is -0.125. The van der Waals surface area contributed by atoms with E-state index in [2.05, 4.69) is 0 Å². The monoisotopic (exact) mass is 250 g/mol. The first-order chi connectivity index (χ1) is 8.61. The fourth-order valence-electron chi connectivity index (χ4n) is 2.41. The minimum Gasteiger partial charge on any atom is -0.497 e. The third kappa shape index (κ3) is 2.20. The number of hydrogen-bond acceptors (Lipinski definition) is 4. The minimum absolute atomic E-state index is 0.163. The summed E-state index contributed by atoms with van der Waals surface area (Å²) in [5, 5.41) is 0. The molecule has 2 rings (SSSR count). The highest BCUT2D eigenvalue weighted by Crippen LogP contribution is 2.42. The van der Waals surface area contributed by atoms with Crippen molar-refractivity contribution in [3.63, 3.8) is 0 Å². The summed E-state index contributed by atoms with van der Waals surface area (Å²) < 4.78 is 15.9. The third-order valence-corrected chi connectivity index (χ3v) is 3.32. The minimum atomic E-state index is -0.233. The summed E-state index contributed by atoms with van der Waals surface area (Å²) in [6.07, 6.45) is 0.482. The summed E-state index contributed by atoms with van der Waals surface area (Å²) in [6, 6.07) is 5.69. The van der Waals surface area contributed by atoms with Gasteiger partial charge in [0, 0.05) is 18.1 Å². The fourth-order valence-corrected chi connectivity index (χ4v) is 2.41. The molecule has 0 radical (unpaired) electrons. The van der Waals surface area contributed by atoms with Crippen molar-refractivity contribution in [2.75, 3.05) is 27.4 Å². The zero-order chi connectivity index (χ0) is 13.2. The molecular formula is C14H18O4. The Hall–Kier alpha value is -1.55. The van der Waals surface area contributed by atoms with Crippen molar-refractivity contribution in [2.24, 2.45) is 0 Å². The fraction of sp³-hybridized carbons (Fsp3) is 0.500. The van der Waals surface area contributed by atoms with Crippen LogP contribution in [0, 0.1) is 0 Å². The average Bonchev–Trinajstić information content (AvgIpc) is 2.33. The summed E-state index contributed by atoms with van der Waals surface area (Å²) in [5.74, 6) is 1.66. The van der Waals surface area contributed by atoms with Gasteiger partial charge in [-0.1, -0.05) is 6.07 Å². The highest BCUT2D eigenvalue weighted by Gasteiger charge is 2.43. The van der Waals surface area contributed by atoms with E-state index in [1.54, 1.807) is 21.1 Å². The van der Waals surface area contributed by atoms with Crippen molar-refractivity contribution >= 4 is 5.78 Å². The van der Waals surface area contributed by atoms with Gasteiger partial charge in [-0.05, 0) is 13.0 Å². The molecule has 0 amide bonds. The second-order valence-electron chi connectivity index (χ2n) is 4.72. The predicted octanol–water partition coefficient (Wildman–Crippen LogP) is 1.95. The largest absolute Gasteiger partial charge is 0.497 e. The molecule has 0 saturated carbocycles. The first-order valence-corrected chi connectivity index (χ1v) is 5.91. The zero-order valence-corrected chi connectivity index (χ0v) is 11.0. The van der Waals surface area contributed by atoms with E-state index >= 15 is 0 Å². The van der Waals surface area contributed by atoms with E-state index in [1.807, 2.05) is 18.2 Å². The molecule has 1 aromatic carbocycles. The summed E-state index contributed by atoms with van der Waals surface area (Å²) >= 11 is 0. The van der Waals surface area contributed by atoms with E-state index in [1.165, 1.54) is 0 Å². The van der Waals surface area contributed by atoms with Crippen molar-refractivity contribution in [1.29, 1.82) is 0 Å². The molecule has 1 aliphatic heterocycles. The Morgan fingerprint density at radius 3 is 2.50 bits per heavy atom. The lowest BCUT2D eigenvalue weighted by atomic mass is 9.74. The molecule has 1 aromatic rings. The zero-order valence-electron chi connectivity index (χ0n) is 11.0. The van der Waals surface area contributed by atoms with Gasteiger partial charge in [-0.15, -0.1) is 0 Å². The first kappa shape index (κ1) is 12.9. The van der Waals surface area contributed by atoms with Gasteiger partial charge < -0.3 is 14.2 Å². The van der Waals surface area contributed by atoms with E-state index in [9.17, 15) is 4.79 Å². The Balaban J connectivity index is 2.39. The smallest absolute Gasteiger partial charge is 0.130 e. The quantitative estimate of drug-likeness (QED) is 0.801. The molecule has 0 bridgehead atoms.